The molecule has 16 heavy (non-hydrogen) atoms. The lowest BCUT2D eigenvalue weighted by molar-refractivity contribution is 0.0874. The van der Waals surface area contributed by atoms with Gasteiger partial charge in [-0.15, -0.1) is 11.3 Å². The number of aliphatic hydroxyl groups is 1. The summed E-state index contributed by atoms with van der Waals surface area (Å²) in [6.45, 7) is 7.80. The van der Waals surface area contributed by atoms with Crippen LogP contribution in [0.2, 0.25) is 0 Å². The second kappa shape index (κ2) is 5.41. The first kappa shape index (κ1) is 13.1. The number of nitrogens with zero attached hydrogens (tertiary/aromatic N) is 1. The summed E-state index contributed by atoms with van der Waals surface area (Å²) < 4.78 is 0. The van der Waals surface area contributed by atoms with Crippen LogP contribution in [0, 0.1) is 19.8 Å². The van der Waals surface area contributed by atoms with E-state index in [4.69, 9.17) is 0 Å². The molecule has 0 fully saturated rings. The average Bonchev–Trinajstić information content (AvgIpc) is 2.53. The Labute approximate surface area is 99.7 Å². The smallest absolute Gasteiger partial charge is 0.263 e. The summed E-state index contributed by atoms with van der Waals surface area (Å²) in [5.41, 5.74) is 0.749. The van der Waals surface area contributed by atoms with Crippen molar-refractivity contribution in [2.45, 2.75) is 33.8 Å². The number of aromatic nitrogens is 1. The molecule has 0 spiro atoms. The quantitative estimate of drug-likeness (QED) is 0.841. The molecular weight excluding hydrogens is 224 g/mol. The monoisotopic (exact) mass is 242 g/mol. The van der Waals surface area contributed by atoms with Crippen molar-refractivity contribution in [3.63, 3.8) is 0 Å². The number of hydrogen-bond donors (Lipinski definition) is 2. The molecule has 1 rings (SSSR count). The average molecular weight is 242 g/mol. The summed E-state index contributed by atoms with van der Waals surface area (Å²) in [6, 6.07) is 0. The zero-order chi connectivity index (χ0) is 12.3. The predicted octanol–water partition coefficient (Wildman–Crippen LogP) is 1.51. The lowest BCUT2D eigenvalue weighted by Gasteiger charge is -2.14. The van der Waals surface area contributed by atoms with Gasteiger partial charge in [-0.05, 0) is 19.8 Å². The number of nitrogens with one attached hydrogen (secondary N) is 1. The van der Waals surface area contributed by atoms with Crippen molar-refractivity contribution in [1.82, 2.24) is 10.3 Å². The van der Waals surface area contributed by atoms with E-state index < -0.39 is 6.10 Å². The van der Waals surface area contributed by atoms with E-state index in [0.29, 0.717) is 4.88 Å². The molecule has 1 amide bonds. The standard InChI is InChI=1S/C11H18N2O2S/c1-6(2)9(14)5-12-11(15)10-7(3)13-8(4)16-10/h6,9,14H,5H2,1-4H3,(H,12,15). The number of amides is 1. The molecule has 1 aromatic rings. The van der Waals surface area contributed by atoms with Crippen LogP contribution in [-0.4, -0.2) is 28.6 Å². The van der Waals surface area contributed by atoms with Crippen molar-refractivity contribution in [3.8, 4) is 0 Å². The van der Waals surface area contributed by atoms with Crippen molar-refractivity contribution < 1.29 is 9.90 Å². The molecule has 0 aliphatic heterocycles. The van der Waals surface area contributed by atoms with Gasteiger partial charge >= 0.3 is 0 Å². The lowest BCUT2D eigenvalue weighted by atomic mass is 10.1. The SMILES string of the molecule is Cc1nc(C)c(C(=O)NCC(O)C(C)C)s1. The Kier molecular flexibility index (Phi) is 4.44. The first-order valence-corrected chi connectivity index (χ1v) is 6.13. The molecule has 0 saturated carbocycles. The molecule has 2 N–H and O–H groups in total. The molecule has 1 atom stereocenters. The third-order valence-electron chi connectivity index (χ3n) is 2.35. The van der Waals surface area contributed by atoms with E-state index in [1.54, 1.807) is 0 Å². The van der Waals surface area contributed by atoms with Crippen molar-refractivity contribution in [2.75, 3.05) is 6.54 Å². The normalized spacial score (nSPS) is 12.9. The number of aliphatic hydroxyl groups excluding tert-OH is 1. The number of rotatable bonds is 4. The van der Waals surface area contributed by atoms with Crippen LogP contribution in [0.5, 0.6) is 0 Å². The first-order valence-electron chi connectivity index (χ1n) is 5.32. The van der Waals surface area contributed by atoms with Gasteiger partial charge in [0.15, 0.2) is 0 Å². The van der Waals surface area contributed by atoms with Crippen LogP contribution in [0.4, 0.5) is 0 Å². The molecule has 0 radical (unpaired) electrons. The fourth-order valence-corrected chi connectivity index (χ4v) is 2.09. The maximum atomic E-state index is 11.8. The number of carbonyl (C=O) groups excluding carboxylic acids is 1. The van der Waals surface area contributed by atoms with E-state index in [9.17, 15) is 9.90 Å². The summed E-state index contributed by atoms with van der Waals surface area (Å²) >= 11 is 1.38. The number of aryl methyl sites for hydroxylation is 2. The van der Waals surface area contributed by atoms with E-state index in [2.05, 4.69) is 10.3 Å². The van der Waals surface area contributed by atoms with Gasteiger partial charge in [-0.25, -0.2) is 4.98 Å². The molecule has 0 saturated heterocycles. The van der Waals surface area contributed by atoms with Gasteiger partial charge in [-0.3, -0.25) is 4.79 Å². The molecule has 1 unspecified atom stereocenters. The lowest BCUT2D eigenvalue weighted by Crippen LogP contribution is -2.34. The molecule has 4 nitrogen and oxygen atoms in total. The molecule has 0 aliphatic carbocycles. The molecule has 1 aromatic heterocycles. The van der Waals surface area contributed by atoms with Crippen LogP contribution in [0.25, 0.3) is 0 Å². The second-order valence-electron chi connectivity index (χ2n) is 4.17. The molecule has 1 heterocycles. The highest BCUT2D eigenvalue weighted by molar-refractivity contribution is 7.13. The predicted molar refractivity (Wildman–Crippen MR) is 64.8 cm³/mol. The Morgan fingerprint density at radius 3 is 2.56 bits per heavy atom. The highest BCUT2D eigenvalue weighted by atomic mass is 32.1. The fraction of sp³-hybridized carbons (Fsp3) is 0.636. The Morgan fingerprint density at radius 2 is 2.12 bits per heavy atom. The summed E-state index contributed by atoms with van der Waals surface area (Å²) in [5, 5.41) is 13.2. The van der Waals surface area contributed by atoms with E-state index in [1.807, 2.05) is 27.7 Å². The minimum absolute atomic E-state index is 0.143. The minimum Gasteiger partial charge on any atom is -0.391 e. The van der Waals surface area contributed by atoms with Gasteiger partial charge in [0.05, 0.1) is 16.8 Å². The van der Waals surface area contributed by atoms with Gasteiger partial charge in [0, 0.05) is 6.54 Å². The van der Waals surface area contributed by atoms with Crippen LogP contribution < -0.4 is 5.32 Å². The zero-order valence-electron chi connectivity index (χ0n) is 10.1. The Hall–Kier alpha value is -0.940. The molecular formula is C11H18N2O2S. The molecule has 0 bridgehead atoms. The van der Waals surface area contributed by atoms with Gasteiger partial charge in [-0.1, -0.05) is 13.8 Å². The van der Waals surface area contributed by atoms with E-state index >= 15 is 0 Å². The topological polar surface area (TPSA) is 62.2 Å². The van der Waals surface area contributed by atoms with Crippen LogP contribution in [0.15, 0.2) is 0 Å². The fourth-order valence-electron chi connectivity index (χ4n) is 1.26. The van der Waals surface area contributed by atoms with Gasteiger partial charge < -0.3 is 10.4 Å². The van der Waals surface area contributed by atoms with Crippen molar-refractivity contribution >= 4 is 17.2 Å². The first-order chi connectivity index (χ1) is 7.41. The maximum Gasteiger partial charge on any atom is 0.263 e. The molecule has 0 aromatic carbocycles. The molecule has 0 aliphatic rings. The van der Waals surface area contributed by atoms with Crippen molar-refractivity contribution in [1.29, 1.82) is 0 Å². The van der Waals surface area contributed by atoms with E-state index in [0.717, 1.165) is 10.7 Å². The van der Waals surface area contributed by atoms with Gasteiger partial charge in [0.1, 0.15) is 4.88 Å². The zero-order valence-corrected chi connectivity index (χ0v) is 10.9. The minimum atomic E-state index is -0.502. The molecule has 5 heteroatoms. The third-order valence-corrected chi connectivity index (χ3v) is 3.42. The summed E-state index contributed by atoms with van der Waals surface area (Å²) in [6.07, 6.45) is -0.502. The summed E-state index contributed by atoms with van der Waals surface area (Å²) in [7, 11) is 0. The number of hydrogen-bond acceptors (Lipinski definition) is 4. The van der Waals surface area contributed by atoms with Crippen molar-refractivity contribution in [2.24, 2.45) is 5.92 Å². The van der Waals surface area contributed by atoms with Gasteiger partial charge in [0.2, 0.25) is 0 Å². The van der Waals surface area contributed by atoms with Crippen LogP contribution in [-0.2, 0) is 0 Å². The van der Waals surface area contributed by atoms with Crippen LogP contribution in [0.3, 0.4) is 0 Å². The highest BCUT2D eigenvalue weighted by Crippen LogP contribution is 2.16. The number of carbonyl (C=O) groups is 1. The summed E-state index contributed by atoms with van der Waals surface area (Å²) in [4.78, 5) is 16.6. The Morgan fingerprint density at radius 1 is 1.50 bits per heavy atom. The van der Waals surface area contributed by atoms with Gasteiger partial charge in [0.25, 0.3) is 5.91 Å². The molecule has 90 valence electrons. The van der Waals surface area contributed by atoms with E-state index in [1.165, 1.54) is 11.3 Å². The van der Waals surface area contributed by atoms with E-state index in [-0.39, 0.29) is 18.4 Å². The second-order valence-corrected chi connectivity index (χ2v) is 5.37. The maximum absolute atomic E-state index is 11.8. The largest absolute Gasteiger partial charge is 0.391 e. The Bertz CT molecular complexity index is 374. The highest BCUT2D eigenvalue weighted by Gasteiger charge is 2.15. The van der Waals surface area contributed by atoms with Crippen LogP contribution in [0.1, 0.15) is 34.2 Å². The van der Waals surface area contributed by atoms with Gasteiger partial charge in [-0.2, -0.15) is 0 Å². The summed E-state index contributed by atoms with van der Waals surface area (Å²) in [5.74, 6) is -0.00704. The Balaban J connectivity index is 2.56. The van der Waals surface area contributed by atoms with Crippen LogP contribution >= 0.6 is 11.3 Å². The van der Waals surface area contributed by atoms with Crippen molar-refractivity contribution in [3.05, 3.63) is 15.6 Å². The third kappa shape index (κ3) is 3.28. The number of thiazole rings is 1.